The first-order valence-electron chi connectivity index (χ1n) is 9.68. The first-order valence-corrected chi connectivity index (χ1v) is 11.1. The van der Waals surface area contributed by atoms with Crippen LogP contribution in [0.2, 0.25) is 0 Å². The molecule has 0 spiro atoms. The number of nitrogens with two attached hydrogens (primary N) is 1. The molecule has 0 radical (unpaired) electrons. The van der Waals surface area contributed by atoms with E-state index in [1.807, 2.05) is 45.2 Å². The van der Waals surface area contributed by atoms with Crippen molar-refractivity contribution >= 4 is 45.6 Å². The monoisotopic (exact) mass is 543 g/mol. The normalized spacial score (nSPS) is 16.2. The summed E-state index contributed by atoms with van der Waals surface area (Å²) in [5.74, 6) is 0.250. The number of anilines is 1. The summed E-state index contributed by atoms with van der Waals surface area (Å²) < 4.78 is 27.8. The van der Waals surface area contributed by atoms with Gasteiger partial charge in [0.1, 0.15) is 0 Å². The Bertz CT molecular complexity index is 1000. The molecule has 0 amide bonds. The van der Waals surface area contributed by atoms with Gasteiger partial charge in [-0.3, -0.25) is 0 Å². The number of piperazine rings is 1. The molecule has 1 aliphatic rings. The van der Waals surface area contributed by atoms with Crippen molar-refractivity contribution in [2.75, 3.05) is 38.5 Å². The average Bonchev–Trinajstić information content (AvgIpc) is 2.70. The Morgan fingerprint density at radius 3 is 2.40 bits per heavy atom. The van der Waals surface area contributed by atoms with E-state index in [0.29, 0.717) is 23.5 Å². The van der Waals surface area contributed by atoms with Crippen molar-refractivity contribution in [3.05, 3.63) is 59.2 Å². The second-order valence-corrected chi connectivity index (χ2v) is 9.35. The van der Waals surface area contributed by atoms with Gasteiger partial charge in [0.2, 0.25) is 10.0 Å². The Labute approximate surface area is 196 Å². The summed E-state index contributed by atoms with van der Waals surface area (Å²) in [6.07, 6.45) is 0. The number of halogens is 1. The van der Waals surface area contributed by atoms with Crippen LogP contribution in [0.25, 0.3) is 0 Å². The lowest BCUT2D eigenvalue weighted by atomic mass is 10.1. The highest BCUT2D eigenvalue weighted by molar-refractivity contribution is 14.0. The molecule has 0 aromatic heterocycles. The quantitative estimate of drug-likeness (QED) is 0.344. The number of sulfonamides is 1. The number of nitrogens with one attached hydrogen (secondary N) is 1. The van der Waals surface area contributed by atoms with Gasteiger partial charge >= 0.3 is 0 Å². The lowest BCUT2D eigenvalue weighted by Crippen LogP contribution is -2.47. The first-order chi connectivity index (χ1) is 13.8. The predicted octanol–water partition coefficient (Wildman–Crippen LogP) is 2.78. The predicted molar refractivity (Wildman–Crippen MR) is 133 cm³/mol. The molecule has 0 bridgehead atoms. The van der Waals surface area contributed by atoms with E-state index in [4.69, 9.17) is 5.73 Å². The molecule has 2 aromatic carbocycles. The van der Waals surface area contributed by atoms with Gasteiger partial charge in [-0.2, -0.15) is 4.31 Å². The molecular formula is C21H30IN5O2S. The van der Waals surface area contributed by atoms with Crippen molar-refractivity contribution in [3.63, 3.8) is 0 Å². The zero-order chi connectivity index (χ0) is 21.0. The molecule has 1 fully saturated rings. The van der Waals surface area contributed by atoms with Crippen LogP contribution in [0.15, 0.2) is 52.4 Å². The fraction of sp³-hybridized carbons (Fsp3) is 0.381. The minimum atomic E-state index is -3.56. The second-order valence-electron chi connectivity index (χ2n) is 7.44. The maximum atomic E-state index is 13.1. The van der Waals surface area contributed by atoms with Gasteiger partial charge in [0.25, 0.3) is 0 Å². The van der Waals surface area contributed by atoms with E-state index in [-0.39, 0.29) is 36.5 Å². The van der Waals surface area contributed by atoms with Crippen molar-refractivity contribution in [2.24, 2.45) is 10.7 Å². The third kappa shape index (κ3) is 5.93. The Hall–Kier alpha value is -1.69. The summed E-state index contributed by atoms with van der Waals surface area (Å²) in [7, 11) is -1.56. The van der Waals surface area contributed by atoms with Crippen LogP contribution in [-0.4, -0.2) is 56.8 Å². The van der Waals surface area contributed by atoms with Gasteiger partial charge < -0.3 is 16.0 Å². The molecule has 0 unspecified atom stereocenters. The highest BCUT2D eigenvalue weighted by Gasteiger charge is 2.29. The highest BCUT2D eigenvalue weighted by Crippen LogP contribution is 2.22. The summed E-state index contributed by atoms with van der Waals surface area (Å²) in [6.45, 7) is 6.72. The molecule has 30 heavy (non-hydrogen) atoms. The van der Waals surface area contributed by atoms with E-state index in [9.17, 15) is 8.42 Å². The Morgan fingerprint density at radius 1 is 1.07 bits per heavy atom. The Kier molecular flexibility index (Phi) is 8.65. The van der Waals surface area contributed by atoms with Crippen molar-refractivity contribution < 1.29 is 8.42 Å². The van der Waals surface area contributed by atoms with Gasteiger partial charge in [-0.15, -0.1) is 24.0 Å². The van der Waals surface area contributed by atoms with E-state index in [0.717, 1.165) is 24.3 Å². The number of aryl methyl sites for hydroxylation is 2. The maximum Gasteiger partial charge on any atom is 0.243 e. The molecule has 0 saturated carbocycles. The van der Waals surface area contributed by atoms with Crippen LogP contribution in [-0.2, 0) is 16.6 Å². The van der Waals surface area contributed by atoms with E-state index in [1.165, 1.54) is 5.56 Å². The van der Waals surface area contributed by atoms with Crippen LogP contribution in [0, 0.1) is 13.8 Å². The number of benzene rings is 2. The molecule has 1 heterocycles. The molecule has 3 rings (SSSR count). The Morgan fingerprint density at radius 2 is 1.73 bits per heavy atom. The standard InChI is InChI=1S/C21H29N5O2S.HI/c1-16-8-9-19(14-17(16)2)24-21(22)23-15-18-6-4-5-7-20(18)29(27,28)26-12-10-25(3)11-13-26;/h4-9,14H,10-13,15H2,1-3H3,(H3,22,23,24);1H. The molecule has 0 atom stereocenters. The van der Waals surface area contributed by atoms with Gasteiger partial charge in [-0.25, -0.2) is 13.4 Å². The minimum Gasteiger partial charge on any atom is -0.370 e. The SMILES string of the molecule is Cc1ccc(NC(N)=NCc2ccccc2S(=O)(=O)N2CCN(C)CC2)cc1C.I. The van der Waals surface area contributed by atoms with E-state index < -0.39 is 10.0 Å². The fourth-order valence-electron chi connectivity index (χ4n) is 3.23. The Balaban J connectivity index is 0.00000320. The van der Waals surface area contributed by atoms with Gasteiger partial charge in [0, 0.05) is 31.9 Å². The van der Waals surface area contributed by atoms with Crippen molar-refractivity contribution in [3.8, 4) is 0 Å². The number of nitrogens with zero attached hydrogens (tertiary/aromatic N) is 3. The van der Waals surface area contributed by atoms with Crippen LogP contribution < -0.4 is 11.1 Å². The number of likely N-dealkylation sites (N-methyl/N-ethyl adjacent to an activating group) is 1. The zero-order valence-corrected chi connectivity index (χ0v) is 20.8. The number of guanidine groups is 1. The van der Waals surface area contributed by atoms with Crippen molar-refractivity contribution in [1.29, 1.82) is 0 Å². The highest BCUT2D eigenvalue weighted by atomic mass is 127. The average molecular weight is 543 g/mol. The number of hydrogen-bond acceptors (Lipinski definition) is 4. The first kappa shape index (κ1) is 24.6. The summed E-state index contributed by atoms with van der Waals surface area (Å²) >= 11 is 0. The molecule has 9 heteroatoms. The van der Waals surface area contributed by atoms with Crippen LogP contribution in [0.4, 0.5) is 5.69 Å². The molecule has 3 N–H and O–H groups in total. The lowest BCUT2D eigenvalue weighted by Gasteiger charge is -2.32. The van der Waals surface area contributed by atoms with Crippen LogP contribution in [0.1, 0.15) is 16.7 Å². The summed E-state index contributed by atoms with van der Waals surface area (Å²) in [5, 5.41) is 3.07. The van der Waals surface area contributed by atoms with Gasteiger partial charge in [-0.05, 0) is 55.8 Å². The largest absolute Gasteiger partial charge is 0.370 e. The molecule has 1 saturated heterocycles. The summed E-state index contributed by atoms with van der Waals surface area (Å²) in [5.41, 5.74) is 9.88. The van der Waals surface area contributed by atoms with Crippen molar-refractivity contribution in [2.45, 2.75) is 25.3 Å². The van der Waals surface area contributed by atoms with Gasteiger partial charge in [-0.1, -0.05) is 24.3 Å². The summed E-state index contributed by atoms with van der Waals surface area (Å²) in [4.78, 5) is 6.79. The van der Waals surface area contributed by atoms with Crippen molar-refractivity contribution in [1.82, 2.24) is 9.21 Å². The topological polar surface area (TPSA) is 91.0 Å². The third-order valence-corrected chi connectivity index (χ3v) is 7.25. The van der Waals surface area contributed by atoms with Crippen LogP contribution >= 0.6 is 24.0 Å². The molecule has 2 aromatic rings. The number of aliphatic imine (C=N–C) groups is 1. The van der Waals surface area contributed by atoms with Crippen LogP contribution in [0.3, 0.4) is 0 Å². The molecule has 164 valence electrons. The molecule has 7 nitrogen and oxygen atoms in total. The summed E-state index contributed by atoms with van der Waals surface area (Å²) in [6, 6.07) is 13.0. The van der Waals surface area contributed by atoms with E-state index in [2.05, 4.69) is 15.2 Å². The smallest absolute Gasteiger partial charge is 0.243 e. The molecule has 0 aliphatic carbocycles. The minimum absolute atomic E-state index is 0. The van der Waals surface area contributed by atoms with Gasteiger partial charge in [0.15, 0.2) is 5.96 Å². The maximum absolute atomic E-state index is 13.1. The van der Waals surface area contributed by atoms with Gasteiger partial charge in [0.05, 0.1) is 11.4 Å². The fourth-order valence-corrected chi connectivity index (χ4v) is 4.87. The second kappa shape index (κ2) is 10.6. The third-order valence-electron chi connectivity index (χ3n) is 5.25. The number of hydrogen-bond donors (Lipinski definition) is 2. The number of rotatable bonds is 5. The van der Waals surface area contributed by atoms with E-state index >= 15 is 0 Å². The van der Waals surface area contributed by atoms with Crippen LogP contribution in [0.5, 0.6) is 0 Å². The molecular weight excluding hydrogens is 513 g/mol. The van der Waals surface area contributed by atoms with E-state index in [1.54, 1.807) is 22.5 Å². The molecule has 1 aliphatic heterocycles. The lowest BCUT2D eigenvalue weighted by molar-refractivity contribution is 0.222. The zero-order valence-electron chi connectivity index (χ0n) is 17.6.